The maximum absolute atomic E-state index is 11.9. The van der Waals surface area contributed by atoms with Crippen molar-refractivity contribution in [2.45, 2.75) is 12.7 Å². The number of nitrogen functional groups attached to an aromatic ring is 1. The van der Waals surface area contributed by atoms with E-state index in [1.54, 1.807) is 0 Å². The number of anilines is 1. The van der Waals surface area contributed by atoms with Crippen molar-refractivity contribution in [1.29, 1.82) is 0 Å². The van der Waals surface area contributed by atoms with Gasteiger partial charge in [-0.2, -0.15) is 13.2 Å². The molecule has 0 bridgehead atoms. The van der Waals surface area contributed by atoms with Gasteiger partial charge in [0.05, 0.1) is 6.54 Å². The van der Waals surface area contributed by atoms with Crippen LogP contribution in [0.1, 0.15) is 5.69 Å². The summed E-state index contributed by atoms with van der Waals surface area (Å²) in [5.41, 5.74) is 5.83. The van der Waals surface area contributed by atoms with Gasteiger partial charge in [-0.25, -0.2) is 0 Å². The molecule has 0 aliphatic rings. The zero-order chi connectivity index (χ0) is 10.8. The molecular formula is C6H9F3N4S. The van der Waals surface area contributed by atoms with E-state index < -0.39 is 12.7 Å². The van der Waals surface area contributed by atoms with Crippen molar-refractivity contribution in [3.05, 3.63) is 5.69 Å². The van der Waals surface area contributed by atoms with Crippen LogP contribution >= 0.6 is 11.5 Å². The van der Waals surface area contributed by atoms with E-state index in [-0.39, 0.29) is 6.54 Å². The number of nitrogens with two attached hydrogens (primary N) is 1. The van der Waals surface area contributed by atoms with Gasteiger partial charge in [0.2, 0.25) is 0 Å². The Morgan fingerprint density at radius 1 is 1.50 bits per heavy atom. The fraction of sp³-hybridized carbons (Fsp3) is 0.667. The number of hydrogen-bond acceptors (Lipinski definition) is 5. The maximum atomic E-state index is 11.9. The Bertz CT molecular complexity index is 298. The van der Waals surface area contributed by atoms with Crippen molar-refractivity contribution >= 4 is 16.5 Å². The molecule has 0 saturated carbocycles. The molecular weight excluding hydrogens is 217 g/mol. The summed E-state index contributed by atoms with van der Waals surface area (Å²) >= 11 is 0.973. The topological polar surface area (TPSA) is 55.0 Å². The van der Waals surface area contributed by atoms with E-state index in [4.69, 9.17) is 5.73 Å². The van der Waals surface area contributed by atoms with Crippen molar-refractivity contribution < 1.29 is 13.2 Å². The molecule has 0 radical (unpaired) electrons. The number of aromatic nitrogens is 2. The van der Waals surface area contributed by atoms with Crippen LogP contribution in [0.2, 0.25) is 0 Å². The van der Waals surface area contributed by atoms with Gasteiger partial charge in [0.25, 0.3) is 0 Å². The third-order valence-corrected chi connectivity index (χ3v) is 2.05. The van der Waals surface area contributed by atoms with Crippen molar-refractivity contribution in [3.63, 3.8) is 0 Å². The summed E-state index contributed by atoms with van der Waals surface area (Å²) in [7, 11) is 1.35. The Kier molecular flexibility index (Phi) is 3.27. The van der Waals surface area contributed by atoms with Crippen molar-refractivity contribution in [2.24, 2.45) is 0 Å². The monoisotopic (exact) mass is 226 g/mol. The van der Waals surface area contributed by atoms with E-state index in [2.05, 4.69) is 9.59 Å². The summed E-state index contributed by atoms with van der Waals surface area (Å²) in [5, 5.41) is 3.98. The second-order valence-corrected chi connectivity index (χ2v) is 3.66. The number of hydrogen-bond donors (Lipinski definition) is 1. The maximum Gasteiger partial charge on any atom is 0.401 e. The Morgan fingerprint density at radius 2 is 2.14 bits per heavy atom. The molecule has 4 nitrogen and oxygen atoms in total. The molecule has 0 unspecified atom stereocenters. The summed E-state index contributed by atoms with van der Waals surface area (Å²) in [4.78, 5) is 1.09. The Morgan fingerprint density at radius 3 is 2.57 bits per heavy atom. The first-order chi connectivity index (χ1) is 6.38. The SMILES string of the molecule is CN(Cc1nnsc1N)CC(F)(F)F. The van der Waals surface area contributed by atoms with Crippen LogP contribution in [-0.4, -0.2) is 34.3 Å². The predicted octanol–water partition coefficient (Wildman–Crippen LogP) is 1.11. The largest absolute Gasteiger partial charge is 0.401 e. The van der Waals surface area contributed by atoms with Gasteiger partial charge in [0.15, 0.2) is 0 Å². The molecule has 1 rings (SSSR count). The highest BCUT2D eigenvalue weighted by atomic mass is 32.1. The standard InChI is InChI=1S/C6H9F3N4S/c1-13(3-6(7,8)9)2-4-5(10)14-12-11-4/h2-3,10H2,1H3. The minimum absolute atomic E-state index is 0.0574. The third-order valence-electron chi connectivity index (χ3n) is 1.45. The summed E-state index contributed by atoms with van der Waals surface area (Å²) in [5.74, 6) is 0. The number of rotatable bonds is 3. The van der Waals surface area contributed by atoms with Gasteiger partial charge in [-0.15, -0.1) is 5.10 Å². The van der Waals surface area contributed by atoms with Crippen LogP contribution in [0.4, 0.5) is 18.2 Å². The molecule has 1 heterocycles. The minimum atomic E-state index is -4.20. The minimum Gasteiger partial charge on any atom is -0.388 e. The quantitative estimate of drug-likeness (QED) is 0.839. The van der Waals surface area contributed by atoms with Crippen LogP contribution < -0.4 is 5.73 Å². The van der Waals surface area contributed by atoms with Crippen LogP contribution in [0.5, 0.6) is 0 Å². The average Bonchev–Trinajstić information content (AvgIpc) is 2.32. The third kappa shape index (κ3) is 3.46. The molecule has 0 amide bonds. The van der Waals surface area contributed by atoms with Gasteiger partial charge in [0.1, 0.15) is 10.7 Å². The summed E-state index contributed by atoms with van der Waals surface area (Å²) < 4.78 is 39.3. The lowest BCUT2D eigenvalue weighted by Gasteiger charge is -2.16. The van der Waals surface area contributed by atoms with Crippen LogP contribution in [0.3, 0.4) is 0 Å². The van der Waals surface area contributed by atoms with Gasteiger partial charge in [0, 0.05) is 18.1 Å². The van der Waals surface area contributed by atoms with Crippen LogP contribution in [0.25, 0.3) is 0 Å². The predicted molar refractivity (Wildman–Crippen MR) is 46.7 cm³/mol. The lowest BCUT2D eigenvalue weighted by atomic mass is 10.4. The lowest BCUT2D eigenvalue weighted by molar-refractivity contribution is -0.144. The second kappa shape index (κ2) is 4.09. The molecule has 0 spiro atoms. The highest BCUT2D eigenvalue weighted by Crippen LogP contribution is 2.19. The van der Waals surface area contributed by atoms with Gasteiger partial charge in [-0.05, 0) is 7.05 Å². The zero-order valence-electron chi connectivity index (χ0n) is 7.38. The van der Waals surface area contributed by atoms with Gasteiger partial charge in [-0.3, -0.25) is 4.90 Å². The molecule has 0 saturated heterocycles. The van der Waals surface area contributed by atoms with E-state index in [1.807, 2.05) is 0 Å². The Hall–Kier alpha value is -0.890. The molecule has 0 aromatic carbocycles. The van der Waals surface area contributed by atoms with Crippen LogP contribution in [0.15, 0.2) is 0 Å². The number of alkyl halides is 3. The highest BCUT2D eigenvalue weighted by Gasteiger charge is 2.29. The van der Waals surface area contributed by atoms with Crippen LogP contribution in [-0.2, 0) is 6.54 Å². The Labute approximate surface area is 82.7 Å². The van der Waals surface area contributed by atoms with E-state index >= 15 is 0 Å². The number of nitrogens with zero attached hydrogens (tertiary/aromatic N) is 3. The van der Waals surface area contributed by atoms with Crippen LogP contribution in [0, 0.1) is 0 Å². The van der Waals surface area contributed by atoms with Crippen molar-refractivity contribution in [2.75, 3.05) is 19.3 Å². The summed E-state index contributed by atoms with van der Waals surface area (Å²) in [6.45, 7) is -0.925. The first kappa shape index (κ1) is 11.2. The van der Waals surface area contributed by atoms with E-state index in [0.29, 0.717) is 10.7 Å². The van der Waals surface area contributed by atoms with Crippen molar-refractivity contribution in [1.82, 2.24) is 14.5 Å². The molecule has 0 fully saturated rings. The van der Waals surface area contributed by atoms with Gasteiger partial charge in [-0.1, -0.05) is 4.49 Å². The molecule has 8 heteroatoms. The first-order valence-corrected chi connectivity index (χ1v) is 4.48. The average molecular weight is 226 g/mol. The molecule has 0 atom stereocenters. The summed E-state index contributed by atoms with van der Waals surface area (Å²) in [6, 6.07) is 0. The van der Waals surface area contributed by atoms with Gasteiger partial charge >= 0.3 is 6.18 Å². The molecule has 1 aromatic rings. The van der Waals surface area contributed by atoms with E-state index in [1.165, 1.54) is 7.05 Å². The number of halogens is 3. The molecule has 2 N–H and O–H groups in total. The fourth-order valence-electron chi connectivity index (χ4n) is 0.943. The molecule has 1 aromatic heterocycles. The van der Waals surface area contributed by atoms with Gasteiger partial charge < -0.3 is 5.73 Å². The second-order valence-electron chi connectivity index (χ2n) is 2.87. The normalized spacial score (nSPS) is 12.4. The Balaban J connectivity index is 2.50. The molecule has 14 heavy (non-hydrogen) atoms. The smallest absolute Gasteiger partial charge is 0.388 e. The van der Waals surface area contributed by atoms with E-state index in [0.717, 1.165) is 16.4 Å². The zero-order valence-corrected chi connectivity index (χ0v) is 8.19. The van der Waals surface area contributed by atoms with E-state index in [9.17, 15) is 13.2 Å². The van der Waals surface area contributed by atoms with Crippen molar-refractivity contribution in [3.8, 4) is 0 Å². The first-order valence-electron chi connectivity index (χ1n) is 3.70. The lowest BCUT2D eigenvalue weighted by Crippen LogP contribution is -2.30. The fourth-order valence-corrected chi connectivity index (χ4v) is 1.38. The molecule has 80 valence electrons. The summed E-state index contributed by atoms with van der Waals surface area (Å²) in [6.07, 6.45) is -4.20. The molecule has 0 aliphatic heterocycles. The molecule has 0 aliphatic carbocycles. The highest BCUT2D eigenvalue weighted by molar-refractivity contribution is 7.09.